The Kier molecular flexibility index (Phi) is 13.8. The molecule has 0 amide bonds. The number of rotatable bonds is 16. The molecule has 2 aromatic rings. The highest BCUT2D eigenvalue weighted by molar-refractivity contribution is 5.92. The van der Waals surface area contributed by atoms with Gasteiger partial charge in [0.2, 0.25) is 0 Å². The van der Waals surface area contributed by atoms with Gasteiger partial charge in [-0.2, -0.15) is 0 Å². The van der Waals surface area contributed by atoms with Gasteiger partial charge in [-0.25, -0.2) is 14.4 Å². The Morgan fingerprint density at radius 1 is 0.766 bits per heavy atom. The summed E-state index contributed by atoms with van der Waals surface area (Å²) in [6.45, 7) is 7.80. The molecule has 2 heterocycles. The minimum absolute atomic E-state index is 0.139. The number of methoxy groups -OCH3 is 1. The molecule has 0 aromatic heterocycles. The van der Waals surface area contributed by atoms with Crippen LogP contribution < -0.4 is 10.2 Å². The van der Waals surface area contributed by atoms with Crippen LogP contribution in [0.15, 0.2) is 66.7 Å². The van der Waals surface area contributed by atoms with E-state index in [0.29, 0.717) is 65.2 Å². The van der Waals surface area contributed by atoms with E-state index in [1.807, 2.05) is 42.5 Å². The van der Waals surface area contributed by atoms with Crippen molar-refractivity contribution in [1.29, 1.82) is 0 Å². The predicted molar refractivity (Wildman–Crippen MR) is 176 cm³/mol. The lowest BCUT2D eigenvalue weighted by atomic mass is 9.83. The van der Waals surface area contributed by atoms with E-state index in [1.54, 1.807) is 21.0 Å². The summed E-state index contributed by atoms with van der Waals surface area (Å²) in [5, 5.41) is 3.36. The Morgan fingerprint density at radius 3 is 2.02 bits per heavy atom. The number of anilines is 1. The lowest BCUT2D eigenvalue weighted by molar-refractivity contribution is -0.170. The number of benzene rings is 2. The summed E-state index contributed by atoms with van der Waals surface area (Å²) in [7, 11) is 1.61. The van der Waals surface area contributed by atoms with Crippen LogP contribution in [0.2, 0.25) is 0 Å². The van der Waals surface area contributed by atoms with E-state index in [4.69, 9.17) is 28.4 Å². The first kappa shape index (κ1) is 36.1. The number of piperidine rings is 2. The van der Waals surface area contributed by atoms with E-state index in [0.717, 1.165) is 42.1 Å². The zero-order chi connectivity index (χ0) is 33.5. The zero-order valence-corrected chi connectivity index (χ0v) is 27.7. The smallest absolute Gasteiger partial charge is 0.332 e. The van der Waals surface area contributed by atoms with Gasteiger partial charge in [0.1, 0.15) is 17.8 Å². The van der Waals surface area contributed by atoms with Crippen LogP contribution in [-0.2, 0) is 54.0 Å². The summed E-state index contributed by atoms with van der Waals surface area (Å²) in [4.78, 5) is 39.9. The van der Waals surface area contributed by atoms with E-state index >= 15 is 0 Å². The normalized spacial score (nSPS) is 17.4. The third-order valence-electron chi connectivity index (χ3n) is 8.38. The molecule has 4 rings (SSSR count). The van der Waals surface area contributed by atoms with Crippen LogP contribution in [0.3, 0.4) is 0 Å². The van der Waals surface area contributed by atoms with Gasteiger partial charge >= 0.3 is 17.9 Å². The number of ether oxygens (including phenoxy) is 6. The maximum Gasteiger partial charge on any atom is 0.332 e. The van der Waals surface area contributed by atoms with Crippen molar-refractivity contribution in [2.75, 3.05) is 71.2 Å². The third-order valence-corrected chi connectivity index (χ3v) is 8.38. The topological polar surface area (TPSA) is 122 Å². The molecule has 0 unspecified atom stereocenters. The fourth-order valence-electron chi connectivity index (χ4n) is 5.97. The molecular weight excluding hydrogens is 604 g/mol. The lowest BCUT2D eigenvalue weighted by Gasteiger charge is -2.42. The number of esters is 3. The summed E-state index contributed by atoms with van der Waals surface area (Å²) in [6, 6.07) is 17.9. The largest absolute Gasteiger partial charge is 0.460 e. The van der Waals surface area contributed by atoms with E-state index < -0.39 is 29.1 Å². The second-order valence-electron chi connectivity index (χ2n) is 12.0. The van der Waals surface area contributed by atoms with Gasteiger partial charge in [-0.3, -0.25) is 0 Å². The highest BCUT2D eigenvalue weighted by atomic mass is 16.6. The first-order valence-electron chi connectivity index (χ1n) is 16.3. The van der Waals surface area contributed by atoms with Crippen LogP contribution in [0.1, 0.15) is 50.7 Å². The van der Waals surface area contributed by atoms with E-state index in [-0.39, 0.29) is 12.7 Å². The fraction of sp³-hybridized carbons (Fsp3) is 0.528. The van der Waals surface area contributed by atoms with Crippen LogP contribution in [0.5, 0.6) is 0 Å². The molecule has 1 N–H and O–H groups in total. The van der Waals surface area contributed by atoms with Gasteiger partial charge in [0, 0.05) is 63.7 Å². The van der Waals surface area contributed by atoms with Crippen molar-refractivity contribution in [2.45, 2.75) is 56.8 Å². The maximum absolute atomic E-state index is 12.9. The first-order chi connectivity index (χ1) is 22.7. The Labute approximate surface area is 277 Å². The van der Waals surface area contributed by atoms with Crippen molar-refractivity contribution in [3.8, 4) is 0 Å². The van der Waals surface area contributed by atoms with Crippen LogP contribution in [0.4, 0.5) is 5.69 Å². The number of hydrogen-bond donors (Lipinski definition) is 1. The Balaban J connectivity index is 1.38. The van der Waals surface area contributed by atoms with E-state index in [1.165, 1.54) is 0 Å². The molecule has 11 heteroatoms. The summed E-state index contributed by atoms with van der Waals surface area (Å²) >= 11 is 0. The van der Waals surface area contributed by atoms with Gasteiger partial charge in [0.25, 0.3) is 0 Å². The molecule has 2 fully saturated rings. The maximum atomic E-state index is 12.9. The summed E-state index contributed by atoms with van der Waals surface area (Å²) in [5.74, 6) is -1.57. The minimum Gasteiger partial charge on any atom is -0.460 e. The zero-order valence-electron chi connectivity index (χ0n) is 27.7. The van der Waals surface area contributed by atoms with Crippen molar-refractivity contribution in [3.63, 3.8) is 0 Å². The SMILES string of the molecule is COCCOCCOCC(=O)OC1(c2ccc(N3CCC(OC(=O)/C=C/C(=O)OC(C)C)(c4ccccc4)CC3)cc2)CCNCC1. The molecule has 0 saturated carbocycles. The highest BCUT2D eigenvalue weighted by Crippen LogP contribution is 2.40. The number of carbonyl (C=O) groups excluding carboxylic acids is 3. The average Bonchev–Trinajstić information content (AvgIpc) is 3.08. The lowest BCUT2D eigenvalue weighted by Crippen LogP contribution is -2.45. The second kappa shape index (κ2) is 18.0. The van der Waals surface area contributed by atoms with Gasteiger partial charge in [0.15, 0.2) is 0 Å². The predicted octanol–water partition coefficient (Wildman–Crippen LogP) is 4.03. The molecule has 47 heavy (non-hydrogen) atoms. The van der Waals surface area contributed by atoms with E-state index in [9.17, 15) is 14.4 Å². The number of hydrogen-bond acceptors (Lipinski definition) is 11. The van der Waals surface area contributed by atoms with Crippen molar-refractivity contribution in [1.82, 2.24) is 5.32 Å². The van der Waals surface area contributed by atoms with Crippen molar-refractivity contribution >= 4 is 23.6 Å². The van der Waals surface area contributed by atoms with Crippen molar-refractivity contribution in [2.24, 2.45) is 0 Å². The molecule has 0 atom stereocenters. The molecule has 2 aromatic carbocycles. The van der Waals surface area contributed by atoms with Crippen LogP contribution in [0, 0.1) is 0 Å². The van der Waals surface area contributed by atoms with Crippen molar-refractivity contribution < 1.29 is 42.8 Å². The summed E-state index contributed by atoms with van der Waals surface area (Å²) in [5.41, 5.74) is 1.34. The fourth-order valence-corrected chi connectivity index (χ4v) is 5.97. The second-order valence-corrected chi connectivity index (χ2v) is 12.0. The van der Waals surface area contributed by atoms with Gasteiger partial charge in [0.05, 0.1) is 32.5 Å². The minimum atomic E-state index is -0.827. The molecule has 2 aliphatic rings. The quantitative estimate of drug-likeness (QED) is 0.122. The molecule has 256 valence electrons. The molecule has 2 aliphatic heterocycles. The molecule has 0 bridgehead atoms. The van der Waals surface area contributed by atoms with Crippen molar-refractivity contribution in [3.05, 3.63) is 77.9 Å². The van der Waals surface area contributed by atoms with Gasteiger partial charge in [-0.15, -0.1) is 0 Å². The van der Waals surface area contributed by atoms with Gasteiger partial charge < -0.3 is 38.6 Å². The molecule has 11 nitrogen and oxygen atoms in total. The molecular formula is C36H48N2O9. The van der Waals surface area contributed by atoms with Gasteiger partial charge in [-0.05, 0) is 50.2 Å². The number of carbonyl (C=O) groups is 3. The highest BCUT2D eigenvalue weighted by Gasteiger charge is 2.41. The number of nitrogens with zero attached hydrogens (tertiary/aromatic N) is 1. The van der Waals surface area contributed by atoms with E-state index in [2.05, 4.69) is 22.3 Å². The average molecular weight is 653 g/mol. The van der Waals surface area contributed by atoms with Crippen LogP contribution in [0.25, 0.3) is 0 Å². The Morgan fingerprint density at radius 2 is 1.36 bits per heavy atom. The first-order valence-corrected chi connectivity index (χ1v) is 16.3. The molecule has 0 spiro atoms. The Bertz CT molecular complexity index is 1300. The molecule has 2 saturated heterocycles. The third kappa shape index (κ3) is 10.6. The molecule has 0 aliphatic carbocycles. The Hall–Kier alpha value is -3.77. The monoisotopic (exact) mass is 652 g/mol. The summed E-state index contributed by atoms with van der Waals surface area (Å²) in [6.07, 6.45) is 4.43. The molecule has 0 radical (unpaired) electrons. The van der Waals surface area contributed by atoms with Crippen LogP contribution in [-0.4, -0.2) is 90.3 Å². The summed E-state index contributed by atoms with van der Waals surface area (Å²) < 4.78 is 33.1. The van der Waals surface area contributed by atoms with Crippen LogP contribution >= 0.6 is 0 Å². The standard InChI is InChI=1S/C36H48N2O9/c1-28(2)45-32(39)13-14-33(40)46-36(29-7-5-4-6-8-29)17-21-38(22-18-36)31-11-9-30(10-12-31)35(15-19-37-20-16-35)47-34(41)27-44-26-25-43-24-23-42-3/h4-14,28,37H,15-27H2,1-3H3/b14-13+. The number of nitrogens with one attached hydrogen (secondary N) is 1. The van der Waals surface area contributed by atoms with Gasteiger partial charge in [-0.1, -0.05) is 42.5 Å².